The number of amides is 1. The molecule has 1 atom stereocenters. The highest BCUT2D eigenvalue weighted by molar-refractivity contribution is 7.92. The van der Waals surface area contributed by atoms with Crippen LogP contribution in [0.5, 0.6) is 5.75 Å². The summed E-state index contributed by atoms with van der Waals surface area (Å²) in [6.45, 7) is 9.74. The molecule has 0 aromatic heterocycles. The molecule has 0 bridgehead atoms. The van der Waals surface area contributed by atoms with Crippen LogP contribution in [0.3, 0.4) is 0 Å². The van der Waals surface area contributed by atoms with Crippen molar-refractivity contribution >= 4 is 21.6 Å². The van der Waals surface area contributed by atoms with Crippen molar-refractivity contribution < 1.29 is 17.9 Å². The van der Waals surface area contributed by atoms with Crippen LogP contribution in [0, 0.1) is 13.8 Å². The number of carbonyl (C=O) groups is 1. The lowest BCUT2D eigenvalue weighted by Gasteiger charge is -2.31. The van der Waals surface area contributed by atoms with Crippen LogP contribution in [0.4, 0.5) is 5.69 Å². The second-order valence-electron chi connectivity index (χ2n) is 7.80. The first-order chi connectivity index (χ1) is 14.0. The van der Waals surface area contributed by atoms with Crippen LogP contribution in [-0.2, 0) is 21.4 Å². The van der Waals surface area contributed by atoms with Crippen molar-refractivity contribution in [2.75, 3.05) is 10.6 Å². The van der Waals surface area contributed by atoms with Crippen LogP contribution in [-0.4, -0.2) is 32.7 Å². The van der Waals surface area contributed by atoms with Crippen LogP contribution in [0.25, 0.3) is 0 Å². The van der Waals surface area contributed by atoms with E-state index >= 15 is 0 Å². The van der Waals surface area contributed by atoms with Gasteiger partial charge < -0.3 is 10.1 Å². The third-order valence-corrected chi connectivity index (χ3v) is 5.83. The average molecular weight is 433 g/mol. The van der Waals surface area contributed by atoms with Gasteiger partial charge in [-0.2, -0.15) is 0 Å². The maximum absolute atomic E-state index is 13.0. The maximum Gasteiger partial charge on any atom is 0.244 e. The Kier molecular flexibility index (Phi) is 7.89. The van der Waals surface area contributed by atoms with Gasteiger partial charge in [-0.25, -0.2) is 8.42 Å². The zero-order valence-electron chi connectivity index (χ0n) is 18.6. The number of nitrogens with one attached hydrogen (secondary N) is 1. The van der Waals surface area contributed by atoms with Crippen LogP contribution in [0.1, 0.15) is 43.9 Å². The van der Waals surface area contributed by atoms with Gasteiger partial charge in [-0.1, -0.05) is 31.2 Å². The Balaban J connectivity index is 2.25. The number of nitrogens with zero attached hydrogens (tertiary/aromatic N) is 1. The second kappa shape index (κ2) is 9.98. The van der Waals surface area contributed by atoms with E-state index in [1.54, 1.807) is 6.07 Å². The van der Waals surface area contributed by atoms with E-state index in [-0.39, 0.29) is 18.6 Å². The summed E-state index contributed by atoms with van der Waals surface area (Å²) in [6.07, 6.45) is 1.54. The summed E-state index contributed by atoms with van der Waals surface area (Å²) >= 11 is 0. The number of ether oxygens (including phenoxy) is 1. The maximum atomic E-state index is 13.0. The number of aryl methyl sites for hydroxylation is 2. The number of hydrogen-bond donors (Lipinski definition) is 1. The standard InChI is InChI=1S/C23H32N2O4S/c1-7-21(25(30(6,27)28)22-13-17(4)11-12-18(22)5)23(26)24-15-19-9-8-10-20(14-19)29-16(2)3/h8-14,16,21H,7,15H2,1-6H3,(H,24,26)/t21-/m0/s1. The summed E-state index contributed by atoms with van der Waals surface area (Å²) in [5.41, 5.74) is 3.15. The Bertz CT molecular complexity index is 986. The molecule has 0 aliphatic heterocycles. The molecule has 2 rings (SSSR count). The molecular formula is C23H32N2O4S. The summed E-state index contributed by atoms with van der Waals surface area (Å²) in [5.74, 6) is 0.399. The van der Waals surface area contributed by atoms with E-state index in [4.69, 9.17) is 4.74 Å². The first kappa shape index (κ1) is 23.7. The zero-order chi connectivity index (χ0) is 22.5. The minimum Gasteiger partial charge on any atom is -0.491 e. The number of sulfonamides is 1. The molecule has 0 saturated carbocycles. The van der Waals surface area contributed by atoms with Gasteiger partial charge in [0.25, 0.3) is 0 Å². The topological polar surface area (TPSA) is 75.7 Å². The van der Waals surface area contributed by atoms with E-state index in [1.807, 2.05) is 71.0 Å². The van der Waals surface area contributed by atoms with Gasteiger partial charge in [-0.15, -0.1) is 0 Å². The highest BCUT2D eigenvalue weighted by atomic mass is 32.2. The number of benzene rings is 2. The van der Waals surface area contributed by atoms with E-state index < -0.39 is 16.1 Å². The van der Waals surface area contributed by atoms with Crippen LogP contribution >= 0.6 is 0 Å². The SMILES string of the molecule is CC[C@@H](C(=O)NCc1cccc(OC(C)C)c1)N(c1cc(C)ccc1C)S(C)(=O)=O. The molecule has 30 heavy (non-hydrogen) atoms. The van der Waals surface area contributed by atoms with Crippen molar-refractivity contribution in [3.05, 3.63) is 59.2 Å². The predicted molar refractivity (Wildman–Crippen MR) is 121 cm³/mol. The minimum atomic E-state index is -3.66. The Hall–Kier alpha value is -2.54. The summed E-state index contributed by atoms with van der Waals surface area (Å²) in [5, 5.41) is 2.89. The van der Waals surface area contributed by atoms with Crippen LogP contribution in [0.15, 0.2) is 42.5 Å². The van der Waals surface area contributed by atoms with E-state index in [0.29, 0.717) is 12.1 Å². The van der Waals surface area contributed by atoms with Crippen molar-refractivity contribution in [2.24, 2.45) is 0 Å². The van der Waals surface area contributed by atoms with Crippen LogP contribution in [0.2, 0.25) is 0 Å². The minimum absolute atomic E-state index is 0.0557. The van der Waals surface area contributed by atoms with Gasteiger partial charge in [0.05, 0.1) is 18.0 Å². The molecule has 0 spiro atoms. The van der Waals surface area contributed by atoms with Crippen molar-refractivity contribution in [2.45, 2.75) is 59.7 Å². The fourth-order valence-electron chi connectivity index (χ4n) is 3.30. The lowest BCUT2D eigenvalue weighted by Crippen LogP contribution is -2.49. The van der Waals surface area contributed by atoms with Crippen LogP contribution < -0.4 is 14.4 Å². The molecule has 0 fully saturated rings. The monoisotopic (exact) mass is 432 g/mol. The molecule has 0 aliphatic carbocycles. The highest BCUT2D eigenvalue weighted by Gasteiger charge is 2.32. The Morgan fingerprint density at radius 1 is 1.13 bits per heavy atom. The Morgan fingerprint density at radius 2 is 1.83 bits per heavy atom. The van der Waals surface area contributed by atoms with Gasteiger partial charge >= 0.3 is 0 Å². The van der Waals surface area contributed by atoms with Crippen molar-refractivity contribution in [1.29, 1.82) is 0 Å². The third-order valence-electron chi connectivity index (χ3n) is 4.67. The molecule has 6 nitrogen and oxygen atoms in total. The molecule has 0 heterocycles. The van der Waals surface area contributed by atoms with Crippen molar-refractivity contribution in [3.8, 4) is 5.75 Å². The average Bonchev–Trinajstić information content (AvgIpc) is 2.65. The Labute approximate surface area is 180 Å². The lowest BCUT2D eigenvalue weighted by atomic mass is 10.1. The molecule has 0 unspecified atom stereocenters. The number of anilines is 1. The highest BCUT2D eigenvalue weighted by Crippen LogP contribution is 2.27. The Morgan fingerprint density at radius 3 is 2.43 bits per heavy atom. The van der Waals surface area contributed by atoms with Gasteiger partial charge in [0.15, 0.2) is 0 Å². The fourth-order valence-corrected chi connectivity index (χ4v) is 4.56. The van der Waals surface area contributed by atoms with Gasteiger partial charge in [-0.05, 0) is 69.0 Å². The summed E-state index contributed by atoms with van der Waals surface area (Å²) in [4.78, 5) is 13.0. The van der Waals surface area contributed by atoms with E-state index in [0.717, 1.165) is 28.7 Å². The summed E-state index contributed by atoms with van der Waals surface area (Å²) in [7, 11) is -3.66. The third kappa shape index (κ3) is 6.23. The predicted octanol–water partition coefficient (Wildman–Crippen LogP) is 3.95. The molecule has 0 radical (unpaired) electrons. The quantitative estimate of drug-likeness (QED) is 0.651. The molecule has 2 aromatic rings. The van der Waals surface area contributed by atoms with Gasteiger partial charge in [0.1, 0.15) is 11.8 Å². The molecule has 1 amide bonds. The van der Waals surface area contributed by atoms with Gasteiger partial charge in [0, 0.05) is 6.54 Å². The molecule has 2 aromatic carbocycles. The first-order valence-corrected chi connectivity index (χ1v) is 12.0. The van der Waals surface area contributed by atoms with Gasteiger partial charge in [-0.3, -0.25) is 9.10 Å². The van der Waals surface area contributed by atoms with Crippen molar-refractivity contribution in [1.82, 2.24) is 5.32 Å². The van der Waals surface area contributed by atoms with Crippen molar-refractivity contribution in [3.63, 3.8) is 0 Å². The second-order valence-corrected chi connectivity index (χ2v) is 9.66. The van der Waals surface area contributed by atoms with E-state index in [2.05, 4.69) is 5.32 Å². The van der Waals surface area contributed by atoms with E-state index in [9.17, 15) is 13.2 Å². The number of hydrogen-bond acceptors (Lipinski definition) is 4. The zero-order valence-corrected chi connectivity index (χ0v) is 19.4. The first-order valence-electron chi connectivity index (χ1n) is 10.1. The smallest absolute Gasteiger partial charge is 0.244 e. The van der Waals surface area contributed by atoms with E-state index in [1.165, 1.54) is 4.31 Å². The molecule has 7 heteroatoms. The normalized spacial score (nSPS) is 12.5. The molecule has 164 valence electrons. The molecule has 0 aliphatic rings. The molecule has 0 saturated heterocycles. The lowest BCUT2D eigenvalue weighted by molar-refractivity contribution is -0.122. The number of carbonyl (C=O) groups excluding carboxylic acids is 1. The molecular weight excluding hydrogens is 400 g/mol. The van der Waals surface area contributed by atoms with Gasteiger partial charge in [0.2, 0.25) is 15.9 Å². The molecule has 1 N–H and O–H groups in total. The fraction of sp³-hybridized carbons (Fsp3) is 0.435. The number of rotatable bonds is 9. The summed E-state index contributed by atoms with van der Waals surface area (Å²) < 4.78 is 32.2. The largest absolute Gasteiger partial charge is 0.491 e. The summed E-state index contributed by atoms with van der Waals surface area (Å²) in [6, 6.07) is 12.3.